The van der Waals surface area contributed by atoms with Crippen LogP contribution >= 0.6 is 0 Å². The van der Waals surface area contributed by atoms with Crippen LogP contribution in [0.2, 0.25) is 0 Å². The monoisotopic (exact) mass is 425 g/mol. The van der Waals surface area contributed by atoms with Gasteiger partial charge in [0.25, 0.3) is 11.8 Å². The molecule has 0 aliphatic rings. The molecule has 0 unspecified atom stereocenters. The van der Waals surface area contributed by atoms with Crippen molar-refractivity contribution in [2.45, 2.75) is 45.4 Å². The number of unbranched alkanes of at least 4 members (excludes halogenated alkanes) is 5. The maximum Gasteiger partial charge on any atom is 0.322 e. The molecule has 2 aromatic carbocycles. The number of anilines is 1. The van der Waals surface area contributed by atoms with Gasteiger partial charge in [0, 0.05) is 17.7 Å². The van der Waals surface area contributed by atoms with E-state index in [1.54, 1.807) is 41.4 Å². The van der Waals surface area contributed by atoms with E-state index in [9.17, 15) is 14.4 Å². The molecule has 3 N–H and O–H groups in total. The second-order valence-corrected chi connectivity index (χ2v) is 7.35. The smallest absolute Gasteiger partial charge is 0.322 e. The zero-order chi connectivity index (χ0) is 22.5. The Labute approximate surface area is 183 Å². The van der Waals surface area contributed by atoms with Crippen LogP contribution in [0.4, 0.5) is 5.69 Å². The molecule has 7 heteroatoms. The van der Waals surface area contributed by atoms with Crippen LogP contribution in [0, 0.1) is 0 Å². The number of nitrogens with zero attached hydrogens (tertiary/aromatic N) is 1. The summed E-state index contributed by atoms with van der Waals surface area (Å²) in [5, 5.41) is 12.8. The van der Waals surface area contributed by atoms with Gasteiger partial charge in [-0.3, -0.25) is 24.8 Å². The molecule has 0 aliphatic heterocycles. The molecule has 0 heterocycles. The summed E-state index contributed by atoms with van der Waals surface area (Å²) >= 11 is 0. The molecule has 0 fully saturated rings. The van der Waals surface area contributed by atoms with Crippen LogP contribution in [-0.2, 0) is 4.79 Å². The van der Waals surface area contributed by atoms with Gasteiger partial charge in [-0.1, -0.05) is 57.2 Å². The Hall–Kier alpha value is -3.35. The molecule has 0 radical (unpaired) electrons. The summed E-state index contributed by atoms with van der Waals surface area (Å²) in [6.45, 7) is 2.40. The first-order valence-corrected chi connectivity index (χ1v) is 10.7. The first-order chi connectivity index (χ1) is 15.0. The third-order valence-corrected chi connectivity index (χ3v) is 4.85. The van der Waals surface area contributed by atoms with Gasteiger partial charge in [-0.2, -0.15) is 0 Å². The quantitative estimate of drug-likeness (QED) is 0.333. The number of carboxylic acid groups (broad SMARTS) is 1. The lowest BCUT2D eigenvalue weighted by molar-refractivity contribution is -0.135. The van der Waals surface area contributed by atoms with Gasteiger partial charge in [0.1, 0.15) is 6.54 Å². The number of benzene rings is 2. The zero-order valence-corrected chi connectivity index (χ0v) is 18.0. The highest BCUT2D eigenvalue weighted by Crippen LogP contribution is 2.16. The van der Waals surface area contributed by atoms with Crippen molar-refractivity contribution >= 4 is 23.5 Å². The van der Waals surface area contributed by atoms with E-state index in [2.05, 4.69) is 17.7 Å². The van der Waals surface area contributed by atoms with E-state index in [0.717, 1.165) is 24.9 Å². The summed E-state index contributed by atoms with van der Waals surface area (Å²) in [4.78, 5) is 35.3. The first kappa shape index (κ1) is 23.9. The fraction of sp³-hybridized carbons (Fsp3) is 0.375. The molecular weight excluding hydrogens is 394 g/mol. The normalized spacial score (nSPS) is 10.4. The predicted octanol–water partition coefficient (Wildman–Crippen LogP) is 4.01. The van der Waals surface area contributed by atoms with Gasteiger partial charge in [0.2, 0.25) is 0 Å². The Morgan fingerprint density at radius 1 is 0.806 bits per heavy atom. The van der Waals surface area contributed by atoms with Gasteiger partial charge in [-0.25, -0.2) is 0 Å². The van der Waals surface area contributed by atoms with Crippen LogP contribution in [0.25, 0.3) is 0 Å². The molecule has 31 heavy (non-hydrogen) atoms. The lowest BCUT2D eigenvalue weighted by Gasteiger charge is -2.26. The lowest BCUT2D eigenvalue weighted by Crippen LogP contribution is -2.43. The fourth-order valence-electron chi connectivity index (χ4n) is 3.13. The van der Waals surface area contributed by atoms with Crippen molar-refractivity contribution in [1.29, 1.82) is 0 Å². The van der Waals surface area contributed by atoms with Crippen molar-refractivity contribution in [3.05, 3.63) is 65.7 Å². The van der Waals surface area contributed by atoms with E-state index >= 15 is 0 Å². The summed E-state index contributed by atoms with van der Waals surface area (Å²) in [5.41, 5.74) is 4.64. The highest BCUT2D eigenvalue weighted by Gasteiger charge is 2.13. The third-order valence-electron chi connectivity index (χ3n) is 4.85. The Bertz CT molecular complexity index is 838. The van der Waals surface area contributed by atoms with Crippen LogP contribution < -0.4 is 15.8 Å². The number of hydrogen-bond donors (Lipinski definition) is 3. The summed E-state index contributed by atoms with van der Waals surface area (Å²) in [5.74, 6) is -1.75. The second kappa shape index (κ2) is 13.1. The Morgan fingerprint density at radius 3 is 2.06 bits per heavy atom. The molecule has 2 amide bonds. The summed E-state index contributed by atoms with van der Waals surface area (Å²) in [6, 6.07) is 15.7. The molecule has 0 atom stereocenters. The highest BCUT2D eigenvalue weighted by atomic mass is 16.4. The molecule has 0 saturated heterocycles. The van der Waals surface area contributed by atoms with Crippen molar-refractivity contribution in [3.63, 3.8) is 0 Å². The molecular formula is C24H31N3O4. The number of rotatable bonds is 13. The maximum absolute atomic E-state index is 12.7. The van der Waals surface area contributed by atoms with Gasteiger partial charge in [-0.15, -0.1) is 0 Å². The van der Waals surface area contributed by atoms with Crippen molar-refractivity contribution in [1.82, 2.24) is 10.7 Å². The van der Waals surface area contributed by atoms with E-state index < -0.39 is 18.4 Å². The third kappa shape index (κ3) is 8.50. The number of hydrazine groups is 1. The molecule has 0 bridgehead atoms. The van der Waals surface area contributed by atoms with Crippen LogP contribution in [0.3, 0.4) is 0 Å². The molecule has 2 aromatic rings. The minimum atomic E-state index is -1.10. The van der Waals surface area contributed by atoms with Gasteiger partial charge < -0.3 is 10.4 Å². The highest BCUT2D eigenvalue weighted by molar-refractivity contribution is 5.96. The molecule has 0 saturated carbocycles. The Balaban J connectivity index is 2.04. The summed E-state index contributed by atoms with van der Waals surface area (Å²) in [6.07, 6.45) is 6.82. The van der Waals surface area contributed by atoms with Gasteiger partial charge in [0.05, 0.1) is 5.69 Å². The minimum absolute atomic E-state index is 0.199. The first-order valence-electron chi connectivity index (χ1n) is 10.7. The SMILES string of the molecule is CCCCCCCCN(NC(=O)c1ccccc1)c1ccc(C(=O)NCC(=O)O)cc1. The second-order valence-electron chi connectivity index (χ2n) is 7.35. The number of aliphatic carboxylic acids is 1. The summed E-state index contributed by atoms with van der Waals surface area (Å²) in [7, 11) is 0. The maximum atomic E-state index is 12.7. The molecule has 166 valence electrons. The largest absolute Gasteiger partial charge is 0.480 e. The number of amides is 2. The van der Waals surface area contributed by atoms with Crippen molar-refractivity contribution in [2.24, 2.45) is 0 Å². The molecule has 0 spiro atoms. The van der Waals surface area contributed by atoms with E-state index in [1.165, 1.54) is 19.3 Å². The van der Waals surface area contributed by atoms with Gasteiger partial charge in [0.15, 0.2) is 0 Å². The minimum Gasteiger partial charge on any atom is -0.480 e. The number of carbonyl (C=O) groups is 3. The topological polar surface area (TPSA) is 98.7 Å². The van der Waals surface area contributed by atoms with Gasteiger partial charge in [-0.05, 0) is 42.8 Å². The average molecular weight is 426 g/mol. The van der Waals surface area contributed by atoms with Crippen LogP contribution in [-0.4, -0.2) is 36.0 Å². The van der Waals surface area contributed by atoms with Crippen molar-refractivity contribution < 1.29 is 19.5 Å². The zero-order valence-electron chi connectivity index (χ0n) is 18.0. The number of carbonyl (C=O) groups excluding carboxylic acids is 2. The Morgan fingerprint density at radius 2 is 1.42 bits per heavy atom. The van der Waals surface area contributed by atoms with E-state index in [4.69, 9.17) is 5.11 Å². The molecule has 2 rings (SSSR count). The fourth-order valence-corrected chi connectivity index (χ4v) is 3.13. The van der Waals surface area contributed by atoms with Crippen LogP contribution in [0.15, 0.2) is 54.6 Å². The van der Waals surface area contributed by atoms with Gasteiger partial charge >= 0.3 is 5.97 Å². The average Bonchev–Trinajstić information content (AvgIpc) is 2.79. The van der Waals surface area contributed by atoms with Crippen LogP contribution in [0.5, 0.6) is 0 Å². The number of hydrogen-bond acceptors (Lipinski definition) is 4. The van der Waals surface area contributed by atoms with Crippen molar-refractivity contribution in [3.8, 4) is 0 Å². The Kier molecular flexibility index (Phi) is 10.1. The lowest BCUT2D eigenvalue weighted by atomic mass is 10.1. The standard InChI is InChI=1S/C24H31N3O4/c1-2-3-4-5-6-10-17-27(26-24(31)19-11-8-7-9-12-19)21-15-13-20(14-16-21)23(30)25-18-22(28)29/h7-9,11-16H,2-6,10,17-18H2,1H3,(H,25,30)(H,26,31)(H,28,29). The number of nitrogens with one attached hydrogen (secondary N) is 2. The van der Waals surface area contributed by atoms with Crippen molar-refractivity contribution in [2.75, 3.05) is 18.1 Å². The summed E-state index contributed by atoms with van der Waals surface area (Å²) < 4.78 is 0. The molecule has 0 aromatic heterocycles. The van der Waals surface area contributed by atoms with Crippen LogP contribution in [0.1, 0.15) is 66.2 Å². The van der Waals surface area contributed by atoms with E-state index in [1.807, 2.05) is 18.2 Å². The predicted molar refractivity (Wildman–Crippen MR) is 121 cm³/mol. The molecule has 0 aliphatic carbocycles. The number of carboxylic acids is 1. The molecule has 7 nitrogen and oxygen atoms in total. The van der Waals surface area contributed by atoms with E-state index in [-0.39, 0.29) is 5.91 Å². The van der Waals surface area contributed by atoms with E-state index in [0.29, 0.717) is 17.7 Å².